The van der Waals surface area contributed by atoms with Crippen LogP contribution in [-0.4, -0.2) is 17.0 Å². The molecule has 0 saturated heterocycles. The van der Waals surface area contributed by atoms with Gasteiger partial charge in [0.1, 0.15) is 6.54 Å². The highest BCUT2D eigenvalue weighted by atomic mass is 16.1. The molecule has 0 bridgehead atoms. The molecule has 0 radical (unpaired) electrons. The van der Waals surface area contributed by atoms with Crippen molar-refractivity contribution in [1.29, 1.82) is 0 Å². The summed E-state index contributed by atoms with van der Waals surface area (Å²) in [6.07, 6.45) is 1.92. The van der Waals surface area contributed by atoms with Crippen LogP contribution in [0.1, 0.15) is 19.4 Å². The Morgan fingerprint density at radius 2 is 2.16 bits per heavy atom. The van der Waals surface area contributed by atoms with Gasteiger partial charge in [0, 0.05) is 23.6 Å². The number of nitrogens with zero attached hydrogens (tertiary/aromatic N) is 1. The van der Waals surface area contributed by atoms with Crippen molar-refractivity contribution in [2.45, 2.75) is 26.9 Å². The van der Waals surface area contributed by atoms with E-state index in [1.54, 1.807) is 0 Å². The van der Waals surface area contributed by atoms with Crippen molar-refractivity contribution >= 4 is 16.8 Å². The Morgan fingerprint density at radius 1 is 1.37 bits per heavy atom. The fraction of sp³-hybridized carbons (Fsp3) is 0.400. The van der Waals surface area contributed by atoms with Gasteiger partial charge in [-0.2, -0.15) is 0 Å². The highest BCUT2D eigenvalue weighted by molar-refractivity contribution is 5.85. The number of hydrogen-bond donors (Lipinski definition) is 2. The number of hydrogen-bond acceptors (Lipinski definition) is 2. The Morgan fingerprint density at radius 3 is 2.84 bits per heavy atom. The van der Waals surface area contributed by atoms with Crippen LogP contribution in [0.2, 0.25) is 0 Å². The lowest BCUT2D eigenvalue weighted by molar-refractivity contribution is -0.118. The van der Waals surface area contributed by atoms with Crippen LogP contribution in [-0.2, 0) is 17.9 Å². The molecule has 1 amide bonds. The number of primary amides is 1. The number of nitrogens with two attached hydrogens (primary N) is 1. The second kappa shape index (κ2) is 5.89. The van der Waals surface area contributed by atoms with Gasteiger partial charge in [-0.25, -0.2) is 0 Å². The van der Waals surface area contributed by atoms with Gasteiger partial charge in [0.25, 0.3) is 0 Å². The van der Waals surface area contributed by atoms with E-state index in [9.17, 15) is 4.79 Å². The maximum Gasteiger partial charge on any atom is 0.237 e. The molecule has 0 saturated carbocycles. The van der Waals surface area contributed by atoms with E-state index in [1.165, 1.54) is 10.9 Å². The van der Waals surface area contributed by atoms with E-state index >= 15 is 0 Å². The zero-order valence-electron chi connectivity index (χ0n) is 11.5. The summed E-state index contributed by atoms with van der Waals surface area (Å²) in [5.41, 5.74) is 7.56. The number of benzene rings is 1. The van der Waals surface area contributed by atoms with E-state index < -0.39 is 0 Å². The number of amides is 1. The summed E-state index contributed by atoms with van der Waals surface area (Å²) >= 11 is 0. The quantitative estimate of drug-likeness (QED) is 0.832. The normalized spacial score (nSPS) is 11.3. The molecular weight excluding hydrogens is 238 g/mol. The summed E-state index contributed by atoms with van der Waals surface area (Å²) in [6, 6.07) is 8.20. The van der Waals surface area contributed by atoms with Gasteiger partial charge in [-0.15, -0.1) is 0 Å². The Bertz CT molecular complexity index is 572. The van der Waals surface area contributed by atoms with Crippen LogP contribution in [0.3, 0.4) is 0 Å². The average molecular weight is 259 g/mol. The Kier molecular flexibility index (Phi) is 4.22. The van der Waals surface area contributed by atoms with E-state index in [0.29, 0.717) is 5.92 Å². The van der Waals surface area contributed by atoms with Crippen LogP contribution in [0.5, 0.6) is 0 Å². The van der Waals surface area contributed by atoms with E-state index in [4.69, 9.17) is 5.73 Å². The van der Waals surface area contributed by atoms with E-state index in [2.05, 4.69) is 25.2 Å². The average Bonchev–Trinajstić information content (AvgIpc) is 2.72. The summed E-state index contributed by atoms with van der Waals surface area (Å²) in [6.45, 7) is 6.45. The van der Waals surface area contributed by atoms with E-state index in [1.807, 2.05) is 29.0 Å². The lowest BCUT2D eigenvalue weighted by atomic mass is 10.1. The molecule has 19 heavy (non-hydrogen) atoms. The molecule has 0 aliphatic heterocycles. The summed E-state index contributed by atoms with van der Waals surface area (Å²) in [5, 5.41) is 4.62. The highest BCUT2D eigenvalue weighted by Crippen LogP contribution is 2.20. The highest BCUT2D eigenvalue weighted by Gasteiger charge is 2.07. The molecule has 2 rings (SSSR count). The minimum absolute atomic E-state index is 0.229. The molecule has 1 aromatic heterocycles. The molecule has 2 aromatic rings. The molecule has 0 spiro atoms. The van der Waals surface area contributed by atoms with Gasteiger partial charge in [0.05, 0.1) is 0 Å². The van der Waals surface area contributed by atoms with Crippen LogP contribution >= 0.6 is 0 Å². The lowest BCUT2D eigenvalue weighted by Gasteiger charge is -2.09. The SMILES string of the molecule is CC(C)CNCc1cccc2c1ccn2CC(N)=O. The first-order valence-corrected chi connectivity index (χ1v) is 6.63. The van der Waals surface area contributed by atoms with Gasteiger partial charge in [0.15, 0.2) is 0 Å². The van der Waals surface area contributed by atoms with E-state index in [0.717, 1.165) is 18.6 Å². The van der Waals surface area contributed by atoms with Crippen LogP contribution in [0.4, 0.5) is 0 Å². The lowest BCUT2D eigenvalue weighted by Crippen LogP contribution is -2.19. The number of rotatable bonds is 6. The number of fused-ring (bicyclic) bond motifs is 1. The second-order valence-corrected chi connectivity index (χ2v) is 5.28. The largest absolute Gasteiger partial charge is 0.368 e. The molecule has 1 heterocycles. The van der Waals surface area contributed by atoms with Crippen LogP contribution in [0, 0.1) is 5.92 Å². The first kappa shape index (κ1) is 13.6. The molecule has 3 N–H and O–H groups in total. The van der Waals surface area contributed by atoms with Gasteiger partial charge in [-0.3, -0.25) is 4.79 Å². The maximum atomic E-state index is 11.0. The fourth-order valence-corrected chi connectivity index (χ4v) is 2.24. The van der Waals surface area contributed by atoms with Gasteiger partial charge >= 0.3 is 0 Å². The third-order valence-corrected chi connectivity index (χ3v) is 3.10. The van der Waals surface area contributed by atoms with Crippen LogP contribution in [0.25, 0.3) is 10.9 Å². The number of aromatic nitrogens is 1. The predicted octanol–water partition coefficient (Wildman–Crippen LogP) is 1.87. The minimum atomic E-state index is -0.319. The van der Waals surface area contributed by atoms with Crippen LogP contribution in [0.15, 0.2) is 30.5 Å². The molecule has 0 unspecified atom stereocenters. The second-order valence-electron chi connectivity index (χ2n) is 5.28. The van der Waals surface area contributed by atoms with Gasteiger partial charge in [0.2, 0.25) is 5.91 Å². The molecule has 0 aliphatic rings. The number of nitrogens with one attached hydrogen (secondary N) is 1. The Labute approximate surface area is 113 Å². The molecule has 102 valence electrons. The summed E-state index contributed by atoms with van der Waals surface area (Å²) in [4.78, 5) is 11.0. The van der Waals surface area contributed by atoms with Crippen molar-refractivity contribution in [2.24, 2.45) is 11.7 Å². The zero-order valence-corrected chi connectivity index (χ0v) is 11.5. The van der Waals surface area contributed by atoms with E-state index in [-0.39, 0.29) is 12.5 Å². The Balaban J connectivity index is 2.21. The monoisotopic (exact) mass is 259 g/mol. The molecule has 4 heteroatoms. The molecule has 0 aliphatic carbocycles. The van der Waals surface area contributed by atoms with Crippen LogP contribution < -0.4 is 11.1 Å². The predicted molar refractivity (Wildman–Crippen MR) is 77.7 cm³/mol. The van der Waals surface area contributed by atoms with Crippen molar-refractivity contribution in [1.82, 2.24) is 9.88 Å². The standard InChI is InChI=1S/C15H21N3O/c1-11(2)8-17-9-12-4-3-5-14-13(12)6-7-18(14)10-15(16)19/h3-7,11,17H,8-10H2,1-2H3,(H2,16,19). The number of carbonyl (C=O) groups excluding carboxylic acids is 1. The molecular formula is C15H21N3O. The molecule has 4 nitrogen and oxygen atoms in total. The first-order valence-electron chi connectivity index (χ1n) is 6.63. The topological polar surface area (TPSA) is 60.1 Å². The van der Waals surface area contributed by atoms with Crippen molar-refractivity contribution in [3.63, 3.8) is 0 Å². The first-order chi connectivity index (χ1) is 9.08. The smallest absolute Gasteiger partial charge is 0.237 e. The zero-order chi connectivity index (χ0) is 13.8. The molecule has 0 atom stereocenters. The summed E-state index contributed by atoms with van der Waals surface area (Å²) in [5.74, 6) is 0.319. The van der Waals surface area contributed by atoms with Crippen molar-refractivity contribution < 1.29 is 4.79 Å². The summed E-state index contributed by atoms with van der Waals surface area (Å²) in [7, 11) is 0. The van der Waals surface area contributed by atoms with Crippen molar-refractivity contribution in [3.8, 4) is 0 Å². The third kappa shape index (κ3) is 3.35. The molecule has 1 aromatic carbocycles. The van der Waals surface area contributed by atoms with Gasteiger partial charge in [-0.05, 0) is 30.2 Å². The van der Waals surface area contributed by atoms with Crippen molar-refractivity contribution in [2.75, 3.05) is 6.54 Å². The maximum absolute atomic E-state index is 11.0. The molecule has 0 fully saturated rings. The third-order valence-electron chi connectivity index (χ3n) is 3.10. The van der Waals surface area contributed by atoms with Gasteiger partial charge < -0.3 is 15.6 Å². The van der Waals surface area contributed by atoms with Gasteiger partial charge in [-0.1, -0.05) is 26.0 Å². The Hall–Kier alpha value is -1.81. The minimum Gasteiger partial charge on any atom is -0.368 e. The summed E-state index contributed by atoms with van der Waals surface area (Å²) < 4.78 is 1.89. The van der Waals surface area contributed by atoms with Crippen molar-refractivity contribution in [3.05, 3.63) is 36.0 Å². The fourth-order valence-electron chi connectivity index (χ4n) is 2.24. The number of carbonyl (C=O) groups is 1.